The Morgan fingerprint density at radius 1 is 1.44 bits per heavy atom. The first-order valence-electron chi connectivity index (χ1n) is 5.35. The molecule has 0 unspecified atom stereocenters. The summed E-state index contributed by atoms with van der Waals surface area (Å²) >= 11 is 0. The highest BCUT2D eigenvalue weighted by molar-refractivity contribution is 7.89. The Hall–Kier alpha value is -1.07. The van der Waals surface area contributed by atoms with Gasteiger partial charge in [-0.05, 0) is 43.4 Å². The van der Waals surface area contributed by atoms with E-state index in [1.54, 1.807) is 12.1 Å². The summed E-state index contributed by atoms with van der Waals surface area (Å²) in [6.07, 6.45) is 2.25. The molecule has 0 radical (unpaired) electrons. The van der Waals surface area contributed by atoms with Crippen LogP contribution in [0.5, 0.6) is 0 Å². The Bertz CT molecular complexity index is 493. The molecule has 0 amide bonds. The molecule has 3 N–H and O–H groups in total. The third kappa shape index (κ3) is 2.54. The zero-order chi connectivity index (χ0) is 11.8. The highest BCUT2D eigenvalue weighted by Crippen LogP contribution is 2.28. The van der Waals surface area contributed by atoms with Gasteiger partial charge in [-0.15, -0.1) is 0 Å². The lowest BCUT2D eigenvalue weighted by atomic mass is 10.2. The van der Waals surface area contributed by atoms with E-state index in [2.05, 4.69) is 4.72 Å². The molecule has 1 fully saturated rings. The zero-order valence-corrected chi connectivity index (χ0v) is 10.0. The van der Waals surface area contributed by atoms with Crippen LogP contribution in [0.25, 0.3) is 0 Å². The maximum Gasteiger partial charge on any atom is 0.240 e. The van der Waals surface area contributed by atoms with Gasteiger partial charge in [-0.3, -0.25) is 0 Å². The molecule has 0 bridgehead atoms. The number of nitrogens with one attached hydrogen (secondary N) is 1. The number of sulfonamides is 1. The minimum atomic E-state index is -3.38. The summed E-state index contributed by atoms with van der Waals surface area (Å²) in [5.41, 5.74) is 7.09. The minimum absolute atomic E-state index is 0.247. The van der Waals surface area contributed by atoms with Gasteiger partial charge in [0.1, 0.15) is 0 Å². The normalized spacial score (nSPS) is 16.3. The Labute approximate surface area is 95.9 Å². The van der Waals surface area contributed by atoms with Gasteiger partial charge in [0.25, 0.3) is 0 Å². The van der Waals surface area contributed by atoms with E-state index in [1.165, 1.54) is 6.07 Å². The van der Waals surface area contributed by atoms with Crippen LogP contribution in [0.2, 0.25) is 0 Å². The maximum absolute atomic E-state index is 11.9. The summed E-state index contributed by atoms with van der Waals surface area (Å²) in [5, 5.41) is 0. The first-order valence-corrected chi connectivity index (χ1v) is 6.83. The summed E-state index contributed by atoms with van der Waals surface area (Å²) in [7, 11) is -3.38. The van der Waals surface area contributed by atoms with Gasteiger partial charge in [0, 0.05) is 12.2 Å². The third-order valence-corrected chi connectivity index (χ3v) is 4.24. The van der Waals surface area contributed by atoms with Crippen LogP contribution in [0.15, 0.2) is 23.1 Å². The molecule has 0 spiro atoms. The molecule has 0 atom stereocenters. The largest absolute Gasteiger partial charge is 0.398 e. The highest BCUT2D eigenvalue weighted by atomic mass is 32.2. The fourth-order valence-electron chi connectivity index (χ4n) is 1.42. The smallest absolute Gasteiger partial charge is 0.240 e. The Morgan fingerprint density at radius 2 is 2.12 bits per heavy atom. The number of hydrogen-bond acceptors (Lipinski definition) is 3. The lowest BCUT2D eigenvalue weighted by Crippen LogP contribution is -2.25. The van der Waals surface area contributed by atoms with Crippen LogP contribution in [-0.2, 0) is 10.0 Å². The molecule has 1 aromatic rings. The van der Waals surface area contributed by atoms with E-state index in [0.29, 0.717) is 18.2 Å². The molecular formula is C11H16N2O2S. The second-order valence-electron chi connectivity index (χ2n) is 4.31. The first kappa shape index (κ1) is 11.4. The van der Waals surface area contributed by atoms with Crippen molar-refractivity contribution in [2.75, 3.05) is 12.3 Å². The van der Waals surface area contributed by atoms with Gasteiger partial charge in [-0.2, -0.15) is 0 Å². The van der Waals surface area contributed by atoms with Crippen molar-refractivity contribution >= 4 is 15.7 Å². The average Bonchev–Trinajstić information content (AvgIpc) is 3.03. The van der Waals surface area contributed by atoms with Crippen LogP contribution in [0.1, 0.15) is 18.4 Å². The number of benzene rings is 1. The van der Waals surface area contributed by atoms with Crippen LogP contribution in [0.3, 0.4) is 0 Å². The number of hydrogen-bond donors (Lipinski definition) is 2. The van der Waals surface area contributed by atoms with Crippen molar-refractivity contribution < 1.29 is 8.42 Å². The zero-order valence-electron chi connectivity index (χ0n) is 9.23. The van der Waals surface area contributed by atoms with E-state index >= 15 is 0 Å². The second-order valence-corrected chi connectivity index (χ2v) is 6.08. The average molecular weight is 240 g/mol. The molecule has 0 aliphatic heterocycles. The van der Waals surface area contributed by atoms with Crippen LogP contribution in [0.4, 0.5) is 5.69 Å². The third-order valence-electron chi connectivity index (χ3n) is 2.82. The molecule has 16 heavy (non-hydrogen) atoms. The summed E-state index contributed by atoms with van der Waals surface area (Å²) in [5.74, 6) is 0.526. The van der Waals surface area contributed by atoms with Gasteiger partial charge >= 0.3 is 0 Å². The molecular weight excluding hydrogens is 224 g/mol. The highest BCUT2D eigenvalue weighted by Gasteiger charge is 2.24. The molecule has 1 aliphatic carbocycles. The van der Waals surface area contributed by atoms with Gasteiger partial charge in [-0.1, -0.05) is 6.07 Å². The topological polar surface area (TPSA) is 72.2 Å². The minimum Gasteiger partial charge on any atom is -0.398 e. The van der Waals surface area contributed by atoms with Gasteiger partial charge < -0.3 is 5.73 Å². The SMILES string of the molecule is Cc1ccc(S(=O)(=O)NCC2CC2)cc1N. The summed E-state index contributed by atoms with van der Waals surface area (Å²) in [6.45, 7) is 2.39. The van der Waals surface area contributed by atoms with E-state index in [9.17, 15) is 8.42 Å². The van der Waals surface area contributed by atoms with E-state index in [1.807, 2.05) is 6.92 Å². The van der Waals surface area contributed by atoms with Crippen LogP contribution < -0.4 is 10.5 Å². The predicted molar refractivity (Wildman–Crippen MR) is 63.5 cm³/mol. The fraction of sp³-hybridized carbons (Fsp3) is 0.455. The quantitative estimate of drug-likeness (QED) is 0.778. The molecule has 4 nitrogen and oxygen atoms in total. The van der Waals surface area contributed by atoms with Crippen molar-refractivity contribution in [1.82, 2.24) is 4.72 Å². The van der Waals surface area contributed by atoms with Crippen molar-refractivity contribution in [3.05, 3.63) is 23.8 Å². The molecule has 0 saturated heterocycles. The second kappa shape index (κ2) is 4.07. The van der Waals surface area contributed by atoms with Crippen LogP contribution in [0, 0.1) is 12.8 Å². The van der Waals surface area contributed by atoms with Gasteiger partial charge in [-0.25, -0.2) is 13.1 Å². The van der Waals surface area contributed by atoms with Crippen LogP contribution in [-0.4, -0.2) is 15.0 Å². The van der Waals surface area contributed by atoms with E-state index in [4.69, 9.17) is 5.73 Å². The Morgan fingerprint density at radius 3 is 2.69 bits per heavy atom. The van der Waals surface area contributed by atoms with Crippen molar-refractivity contribution in [1.29, 1.82) is 0 Å². The van der Waals surface area contributed by atoms with Crippen molar-refractivity contribution in [3.63, 3.8) is 0 Å². The number of nitrogen functional groups attached to an aromatic ring is 1. The number of aryl methyl sites for hydroxylation is 1. The number of rotatable bonds is 4. The predicted octanol–water partition coefficient (Wildman–Crippen LogP) is 1.27. The van der Waals surface area contributed by atoms with Gasteiger partial charge in [0.15, 0.2) is 0 Å². The van der Waals surface area contributed by atoms with E-state index in [0.717, 1.165) is 18.4 Å². The standard InChI is InChI=1S/C11H16N2O2S/c1-8-2-5-10(6-11(8)12)16(14,15)13-7-9-3-4-9/h2,5-6,9,13H,3-4,7,12H2,1H3. The van der Waals surface area contributed by atoms with Crippen molar-refractivity contribution in [2.45, 2.75) is 24.7 Å². The van der Waals surface area contributed by atoms with E-state index in [-0.39, 0.29) is 4.90 Å². The first-order chi connectivity index (χ1) is 7.49. The number of anilines is 1. The molecule has 0 aromatic heterocycles. The molecule has 2 rings (SSSR count). The molecule has 0 heterocycles. The molecule has 5 heteroatoms. The monoisotopic (exact) mass is 240 g/mol. The lowest BCUT2D eigenvalue weighted by molar-refractivity contribution is 0.577. The number of nitrogens with two attached hydrogens (primary N) is 1. The van der Waals surface area contributed by atoms with Crippen molar-refractivity contribution in [2.24, 2.45) is 5.92 Å². The summed E-state index contributed by atoms with van der Waals surface area (Å²) in [4.78, 5) is 0.247. The van der Waals surface area contributed by atoms with Crippen LogP contribution >= 0.6 is 0 Å². The van der Waals surface area contributed by atoms with Gasteiger partial charge in [0.2, 0.25) is 10.0 Å². The lowest BCUT2D eigenvalue weighted by Gasteiger charge is -2.07. The van der Waals surface area contributed by atoms with E-state index < -0.39 is 10.0 Å². The van der Waals surface area contributed by atoms with Gasteiger partial charge in [0.05, 0.1) is 4.90 Å². The Kier molecular flexibility index (Phi) is 2.90. The summed E-state index contributed by atoms with van der Waals surface area (Å²) < 4.78 is 26.3. The molecule has 1 aromatic carbocycles. The maximum atomic E-state index is 11.9. The molecule has 88 valence electrons. The summed E-state index contributed by atoms with van der Waals surface area (Å²) in [6, 6.07) is 4.81. The fourth-order valence-corrected chi connectivity index (χ4v) is 2.57. The molecule has 1 aliphatic rings. The Balaban J connectivity index is 2.17. The van der Waals surface area contributed by atoms with Crippen molar-refractivity contribution in [3.8, 4) is 0 Å². The molecule has 1 saturated carbocycles.